The Bertz CT molecular complexity index is 2030. The minimum absolute atomic E-state index is 0.00533. The first-order chi connectivity index (χ1) is 24.3. The first kappa shape index (κ1) is 34.7. The summed E-state index contributed by atoms with van der Waals surface area (Å²) in [6, 6.07) is 36.1. The number of halogens is 2. The predicted molar refractivity (Wildman–Crippen MR) is 187 cm³/mol. The molecule has 0 bridgehead atoms. The maximum absolute atomic E-state index is 14.4. The molecule has 0 fully saturated rings. The van der Waals surface area contributed by atoms with E-state index in [2.05, 4.69) is 25.9 Å². The van der Waals surface area contributed by atoms with Crippen LogP contribution in [0.25, 0.3) is 0 Å². The van der Waals surface area contributed by atoms with E-state index >= 15 is 0 Å². The standard InChI is InChI=1S/C38H31F2N4O4S2/c1-27(25-47-38(29-13-5-2-6-14-29,30-15-7-3-8-16-30)31-17-9-4-10-18-31)48-36-34(44-50(45,46)32-20-22-41-23-21-32)24-42-37(43-36)49-26-28-12-11-19-33(39)35(28)40/h2-23,27,44H,25-26H2,1H3/t27-/m1/s1. The lowest BCUT2D eigenvalue weighted by atomic mass is 9.80. The Morgan fingerprint density at radius 2 is 1.40 bits per heavy atom. The van der Waals surface area contributed by atoms with Crippen molar-refractivity contribution in [3.05, 3.63) is 174 Å². The number of hydrogen-bond donors (Lipinski definition) is 1. The van der Waals surface area contributed by atoms with Crippen molar-refractivity contribution in [2.75, 3.05) is 11.3 Å². The third kappa shape index (κ3) is 7.83. The Balaban J connectivity index is 1.32. The van der Waals surface area contributed by atoms with Crippen molar-refractivity contribution in [2.45, 2.75) is 34.4 Å². The zero-order valence-electron chi connectivity index (χ0n) is 26.7. The Hall–Kier alpha value is -5.17. The van der Waals surface area contributed by atoms with Gasteiger partial charge < -0.3 is 9.47 Å². The summed E-state index contributed by atoms with van der Waals surface area (Å²) in [5, 5.41) is 0.107. The van der Waals surface area contributed by atoms with Crippen LogP contribution in [0.2, 0.25) is 0 Å². The van der Waals surface area contributed by atoms with Gasteiger partial charge >= 0.3 is 0 Å². The van der Waals surface area contributed by atoms with E-state index in [0.29, 0.717) is 0 Å². The van der Waals surface area contributed by atoms with E-state index in [-0.39, 0.29) is 39.5 Å². The summed E-state index contributed by atoms with van der Waals surface area (Å²) in [6.45, 7) is 1.81. The first-order valence-corrected chi connectivity index (χ1v) is 18.0. The van der Waals surface area contributed by atoms with Gasteiger partial charge in [0.1, 0.15) is 23.6 Å². The lowest BCUT2D eigenvalue weighted by Gasteiger charge is -2.36. The average molecular weight is 710 g/mol. The molecule has 0 amide bonds. The molecule has 50 heavy (non-hydrogen) atoms. The van der Waals surface area contributed by atoms with Crippen LogP contribution < -0.4 is 9.46 Å². The van der Waals surface area contributed by atoms with Crippen molar-refractivity contribution in [3.8, 4) is 5.88 Å². The number of aromatic nitrogens is 3. The number of thioether (sulfide) groups is 1. The van der Waals surface area contributed by atoms with Gasteiger partial charge in [-0.3, -0.25) is 9.71 Å². The number of sulfonamides is 1. The van der Waals surface area contributed by atoms with Crippen LogP contribution in [0.1, 0.15) is 29.2 Å². The zero-order chi connectivity index (χ0) is 35.0. The molecule has 1 atom stereocenters. The number of nitrogens with one attached hydrogen (secondary N) is 1. The molecule has 6 aromatic rings. The highest BCUT2D eigenvalue weighted by Crippen LogP contribution is 2.41. The number of nitrogens with zero attached hydrogens (tertiary/aromatic N) is 3. The van der Waals surface area contributed by atoms with Crippen LogP contribution in [0.4, 0.5) is 14.5 Å². The number of rotatable bonds is 14. The summed E-state index contributed by atoms with van der Waals surface area (Å²) in [7, 11) is -4.10. The van der Waals surface area contributed by atoms with Crippen LogP contribution in [0.3, 0.4) is 0 Å². The van der Waals surface area contributed by atoms with Crippen LogP contribution in [0.15, 0.2) is 144 Å². The average Bonchev–Trinajstić information content (AvgIpc) is 3.15. The fourth-order valence-corrected chi connectivity index (χ4v) is 7.05. The molecular weight excluding hydrogens is 679 g/mol. The number of pyridine rings is 1. The highest BCUT2D eigenvalue weighted by atomic mass is 32.2. The second kappa shape index (κ2) is 15.6. The molecule has 1 radical (unpaired) electrons. The van der Waals surface area contributed by atoms with Gasteiger partial charge in [-0.25, -0.2) is 22.2 Å². The molecule has 0 saturated carbocycles. The lowest BCUT2D eigenvalue weighted by molar-refractivity contribution is -0.0265. The molecule has 0 unspecified atom stereocenters. The van der Waals surface area contributed by atoms with Crippen LogP contribution in [0, 0.1) is 17.8 Å². The quantitative estimate of drug-likeness (QED) is 0.0694. The largest absolute Gasteiger partial charge is 0.471 e. The fraction of sp³-hybridized carbons (Fsp3) is 0.132. The van der Waals surface area contributed by atoms with E-state index < -0.39 is 33.4 Å². The highest BCUT2D eigenvalue weighted by Gasteiger charge is 2.38. The number of ether oxygens (including phenoxy) is 2. The molecule has 253 valence electrons. The van der Waals surface area contributed by atoms with E-state index in [4.69, 9.17) is 9.47 Å². The van der Waals surface area contributed by atoms with E-state index in [0.717, 1.165) is 34.5 Å². The molecule has 0 aliphatic carbocycles. The predicted octanol–water partition coefficient (Wildman–Crippen LogP) is 7.82. The normalized spacial score (nSPS) is 12.3. The molecule has 1 N–H and O–H groups in total. The molecule has 0 spiro atoms. The van der Waals surface area contributed by atoms with Gasteiger partial charge in [0.15, 0.2) is 16.8 Å². The number of hydrogen-bond acceptors (Lipinski definition) is 8. The van der Waals surface area contributed by atoms with Crippen molar-refractivity contribution >= 4 is 27.5 Å². The Morgan fingerprint density at radius 3 is 1.98 bits per heavy atom. The van der Waals surface area contributed by atoms with Crippen LogP contribution in [0.5, 0.6) is 5.88 Å². The van der Waals surface area contributed by atoms with Gasteiger partial charge in [0.2, 0.25) is 5.88 Å². The number of anilines is 1. The van der Waals surface area contributed by atoms with E-state index in [1.54, 1.807) is 6.92 Å². The van der Waals surface area contributed by atoms with Gasteiger partial charge in [-0.15, -0.1) is 0 Å². The molecule has 12 heteroatoms. The van der Waals surface area contributed by atoms with Gasteiger partial charge in [-0.2, -0.15) is 4.98 Å². The van der Waals surface area contributed by atoms with Gasteiger partial charge in [0.25, 0.3) is 10.0 Å². The number of benzene rings is 4. The van der Waals surface area contributed by atoms with Crippen molar-refractivity contribution in [2.24, 2.45) is 0 Å². The molecule has 8 nitrogen and oxygen atoms in total. The van der Waals surface area contributed by atoms with E-state index in [1.165, 1.54) is 36.7 Å². The van der Waals surface area contributed by atoms with E-state index in [9.17, 15) is 17.2 Å². The van der Waals surface area contributed by atoms with Crippen molar-refractivity contribution in [1.29, 1.82) is 0 Å². The Morgan fingerprint density at radius 1 is 0.820 bits per heavy atom. The lowest BCUT2D eigenvalue weighted by Crippen LogP contribution is -2.36. The summed E-state index contributed by atoms with van der Waals surface area (Å²) < 4.78 is 70.3. The van der Waals surface area contributed by atoms with Crippen molar-refractivity contribution in [1.82, 2.24) is 15.0 Å². The maximum atomic E-state index is 14.4. The highest BCUT2D eigenvalue weighted by molar-refractivity contribution is 7.98. The molecule has 6 rings (SSSR count). The molecular formula is C38H31F2N4O4S2. The smallest absolute Gasteiger partial charge is 0.262 e. The van der Waals surface area contributed by atoms with E-state index in [1.807, 2.05) is 91.0 Å². The van der Waals surface area contributed by atoms with Crippen molar-refractivity contribution in [3.63, 3.8) is 0 Å². The molecule has 0 aliphatic heterocycles. The first-order valence-electron chi connectivity index (χ1n) is 15.5. The summed E-state index contributed by atoms with van der Waals surface area (Å²) in [5.74, 6) is -2.05. The van der Waals surface area contributed by atoms with Crippen LogP contribution in [-0.4, -0.2) is 36.1 Å². The van der Waals surface area contributed by atoms with Gasteiger partial charge in [0.05, 0.1) is 11.5 Å². The minimum Gasteiger partial charge on any atom is -0.471 e. The molecule has 4 aromatic carbocycles. The minimum atomic E-state index is -4.10. The van der Waals surface area contributed by atoms with Crippen LogP contribution in [-0.2, 0) is 26.1 Å². The fourth-order valence-electron chi connectivity index (χ4n) is 5.28. The summed E-state index contributed by atoms with van der Waals surface area (Å²) in [5.41, 5.74) is 1.64. The summed E-state index contributed by atoms with van der Waals surface area (Å²) in [6.07, 6.45) is 4.71. The topological polar surface area (TPSA) is 103 Å². The van der Waals surface area contributed by atoms with Gasteiger partial charge in [-0.05, 0) is 41.8 Å². The monoisotopic (exact) mass is 709 g/mol. The molecule has 2 aromatic heterocycles. The van der Waals surface area contributed by atoms with Crippen molar-refractivity contribution < 1.29 is 26.7 Å². The van der Waals surface area contributed by atoms with Crippen LogP contribution >= 0.6 is 11.8 Å². The SMILES string of the molecule is C[C@H](COC(c1ccccc1)(c1ccccc1)c1ccccc1)Oc1nc(SCc2cccc(F)c2F)n[c]c1NS(=O)(=O)c1ccncc1. The van der Waals surface area contributed by atoms with Gasteiger partial charge in [-0.1, -0.05) is 115 Å². The third-order valence-electron chi connectivity index (χ3n) is 7.65. The second-order valence-electron chi connectivity index (χ2n) is 11.1. The Kier molecular flexibility index (Phi) is 10.8. The molecule has 0 aliphatic rings. The Labute approximate surface area is 293 Å². The van der Waals surface area contributed by atoms with Gasteiger partial charge in [0, 0.05) is 23.7 Å². The summed E-state index contributed by atoms with van der Waals surface area (Å²) >= 11 is 1.01. The molecule has 0 saturated heterocycles. The molecule has 2 heterocycles. The summed E-state index contributed by atoms with van der Waals surface area (Å²) in [4.78, 5) is 12.5. The zero-order valence-corrected chi connectivity index (χ0v) is 28.4. The third-order valence-corrected chi connectivity index (χ3v) is 9.91. The maximum Gasteiger partial charge on any atom is 0.262 e. The second-order valence-corrected chi connectivity index (χ2v) is 13.7.